The van der Waals surface area contributed by atoms with Gasteiger partial charge in [-0.3, -0.25) is 0 Å². The van der Waals surface area contributed by atoms with E-state index in [1.807, 2.05) is 12.1 Å². The van der Waals surface area contributed by atoms with E-state index in [2.05, 4.69) is 19.1 Å². The van der Waals surface area contributed by atoms with Crippen LogP contribution in [0.1, 0.15) is 122 Å². The van der Waals surface area contributed by atoms with E-state index in [1.165, 1.54) is 121 Å². The second-order valence-electron chi connectivity index (χ2n) is 8.62. The third-order valence-electron chi connectivity index (χ3n) is 5.85. The number of unbranched alkanes of at least 4 members (excludes halogenated alkanes) is 16. The van der Waals surface area contributed by atoms with Crippen LogP contribution in [0.4, 0.5) is 0 Å². The van der Waals surface area contributed by atoms with Gasteiger partial charge in [-0.2, -0.15) is 0 Å². The van der Waals surface area contributed by atoms with E-state index in [1.54, 1.807) is 0 Å². The molecule has 0 bridgehead atoms. The van der Waals surface area contributed by atoms with Crippen molar-refractivity contribution in [2.24, 2.45) is 0 Å². The summed E-state index contributed by atoms with van der Waals surface area (Å²) in [6, 6.07) is 8.33. The van der Waals surface area contributed by atoms with Crippen molar-refractivity contribution in [2.45, 2.75) is 122 Å². The summed E-state index contributed by atoms with van der Waals surface area (Å²) in [5, 5.41) is 8.77. The maximum absolute atomic E-state index is 8.77. The van der Waals surface area contributed by atoms with Gasteiger partial charge in [-0.05, 0) is 30.5 Å². The molecule has 0 aliphatic rings. The molecule has 168 valence electrons. The van der Waals surface area contributed by atoms with Crippen LogP contribution in [0.2, 0.25) is 0 Å². The van der Waals surface area contributed by atoms with Crippen LogP contribution >= 0.6 is 0 Å². The van der Waals surface area contributed by atoms with E-state index in [0.29, 0.717) is 6.61 Å². The summed E-state index contributed by atoms with van der Waals surface area (Å²) in [7, 11) is 0. The standard InChI is InChI=1S/C27H48O2/c1-2-3-4-5-6-7-8-9-10-11-12-13-14-15-16-17-18-19-26-20-22-27(23-21-26)29-25-24-28/h20-23,28H,2-19,24-25H2,1H3. The average Bonchev–Trinajstić information content (AvgIpc) is 2.75. The molecule has 0 fully saturated rings. The molecule has 0 aromatic heterocycles. The van der Waals surface area contributed by atoms with Gasteiger partial charge >= 0.3 is 0 Å². The number of ether oxygens (including phenoxy) is 1. The predicted molar refractivity (Wildman–Crippen MR) is 127 cm³/mol. The fourth-order valence-electron chi connectivity index (χ4n) is 3.97. The normalized spacial score (nSPS) is 11.1. The number of aliphatic hydroxyl groups is 1. The largest absolute Gasteiger partial charge is 0.491 e. The molecule has 0 atom stereocenters. The van der Waals surface area contributed by atoms with E-state index < -0.39 is 0 Å². The molecule has 1 aromatic carbocycles. The summed E-state index contributed by atoms with van der Waals surface area (Å²) in [5.41, 5.74) is 1.39. The molecule has 0 heterocycles. The van der Waals surface area contributed by atoms with Crippen molar-refractivity contribution in [3.05, 3.63) is 29.8 Å². The molecule has 0 spiro atoms. The third kappa shape index (κ3) is 16.5. The highest BCUT2D eigenvalue weighted by Crippen LogP contribution is 2.16. The van der Waals surface area contributed by atoms with Gasteiger partial charge in [-0.25, -0.2) is 0 Å². The zero-order valence-corrected chi connectivity index (χ0v) is 19.3. The predicted octanol–water partition coefficient (Wildman–Crippen LogP) is 8.25. The fourth-order valence-corrected chi connectivity index (χ4v) is 3.97. The van der Waals surface area contributed by atoms with Gasteiger partial charge in [0.05, 0.1) is 6.61 Å². The number of aliphatic hydroxyl groups excluding tert-OH is 1. The maximum atomic E-state index is 8.77. The first kappa shape index (κ1) is 26.0. The van der Waals surface area contributed by atoms with Crippen molar-refractivity contribution >= 4 is 0 Å². The first-order valence-electron chi connectivity index (χ1n) is 12.7. The average molecular weight is 405 g/mol. The first-order valence-corrected chi connectivity index (χ1v) is 12.7. The van der Waals surface area contributed by atoms with E-state index in [0.717, 1.165) is 5.75 Å². The summed E-state index contributed by atoms with van der Waals surface area (Å²) in [4.78, 5) is 0. The van der Waals surface area contributed by atoms with Crippen LogP contribution in [0.5, 0.6) is 5.75 Å². The number of rotatable bonds is 21. The fraction of sp³-hybridized carbons (Fsp3) is 0.778. The van der Waals surface area contributed by atoms with Crippen molar-refractivity contribution in [3.8, 4) is 5.75 Å². The molecule has 0 saturated heterocycles. The highest BCUT2D eigenvalue weighted by atomic mass is 16.5. The SMILES string of the molecule is CCCCCCCCCCCCCCCCCCCc1ccc(OCCO)cc1. The lowest BCUT2D eigenvalue weighted by molar-refractivity contribution is 0.201. The van der Waals surface area contributed by atoms with E-state index in [9.17, 15) is 0 Å². The number of hydrogen-bond donors (Lipinski definition) is 1. The summed E-state index contributed by atoms with van der Waals surface area (Å²) in [5.74, 6) is 0.852. The lowest BCUT2D eigenvalue weighted by Gasteiger charge is -2.06. The van der Waals surface area contributed by atoms with Crippen molar-refractivity contribution in [3.63, 3.8) is 0 Å². The molecule has 0 amide bonds. The minimum absolute atomic E-state index is 0.0704. The molecule has 1 rings (SSSR count). The molecule has 0 radical (unpaired) electrons. The second-order valence-corrected chi connectivity index (χ2v) is 8.62. The Morgan fingerprint density at radius 3 is 1.41 bits per heavy atom. The summed E-state index contributed by atoms with van der Waals surface area (Å²) >= 11 is 0. The highest BCUT2D eigenvalue weighted by Gasteiger charge is 1.98. The Labute approximate surface area is 181 Å². The Morgan fingerprint density at radius 2 is 1.00 bits per heavy atom. The Bertz CT molecular complexity index is 440. The number of hydrogen-bond acceptors (Lipinski definition) is 2. The van der Waals surface area contributed by atoms with Crippen LogP contribution in [0, 0.1) is 0 Å². The topological polar surface area (TPSA) is 29.5 Å². The first-order chi connectivity index (χ1) is 14.4. The monoisotopic (exact) mass is 404 g/mol. The molecule has 0 aliphatic carbocycles. The molecule has 1 N–H and O–H groups in total. The van der Waals surface area contributed by atoms with Crippen LogP contribution < -0.4 is 4.74 Å². The minimum Gasteiger partial charge on any atom is -0.491 e. The van der Waals surface area contributed by atoms with Gasteiger partial charge in [0, 0.05) is 0 Å². The van der Waals surface area contributed by atoms with Gasteiger partial charge in [0.1, 0.15) is 12.4 Å². The third-order valence-corrected chi connectivity index (χ3v) is 5.85. The second kappa shape index (κ2) is 20.3. The smallest absolute Gasteiger partial charge is 0.119 e. The molecule has 29 heavy (non-hydrogen) atoms. The van der Waals surface area contributed by atoms with Crippen molar-refractivity contribution in [1.29, 1.82) is 0 Å². The van der Waals surface area contributed by atoms with Crippen molar-refractivity contribution < 1.29 is 9.84 Å². The van der Waals surface area contributed by atoms with Crippen molar-refractivity contribution in [1.82, 2.24) is 0 Å². The van der Waals surface area contributed by atoms with Crippen molar-refractivity contribution in [2.75, 3.05) is 13.2 Å². The van der Waals surface area contributed by atoms with Crippen LogP contribution in [0.15, 0.2) is 24.3 Å². The molecule has 0 aliphatic heterocycles. The lowest BCUT2D eigenvalue weighted by atomic mass is 10.0. The molecular formula is C27H48O2. The molecule has 0 unspecified atom stereocenters. The van der Waals surface area contributed by atoms with Gasteiger partial charge in [-0.15, -0.1) is 0 Å². The van der Waals surface area contributed by atoms with E-state index >= 15 is 0 Å². The van der Waals surface area contributed by atoms with Gasteiger partial charge < -0.3 is 9.84 Å². The maximum Gasteiger partial charge on any atom is 0.119 e. The quantitative estimate of drug-likeness (QED) is 0.209. The highest BCUT2D eigenvalue weighted by molar-refractivity contribution is 5.27. The summed E-state index contributed by atoms with van der Waals surface area (Å²) < 4.78 is 5.40. The van der Waals surface area contributed by atoms with Crippen LogP contribution in [-0.4, -0.2) is 18.3 Å². The number of benzene rings is 1. The van der Waals surface area contributed by atoms with Gasteiger partial charge in [0.2, 0.25) is 0 Å². The molecule has 2 nitrogen and oxygen atoms in total. The molecular weight excluding hydrogens is 356 g/mol. The van der Waals surface area contributed by atoms with Crippen LogP contribution in [-0.2, 0) is 6.42 Å². The zero-order valence-electron chi connectivity index (χ0n) is 19.3. The molecule has 2 heteroatoms. The Morgan fingerprint density at radius 1 is 0.586 bits per heavy atom. The van der Waals surface area contributed by atoms with Gasteiger partial charge in [0.25, 0.3) is 0 Å². The Hall–Kier alpha value is -1.02. The lowest BCUT2D eigenvalue weighted by Crippen LogP contribution is -2.01. The Kier molecular flexibility index (Phi) is 18.2. The molecule has 1 aromatic rings. The zero-order chi connectivity index (χ0) is 20.8. The van der Waals surface area contributed by atoms with E-state index in [-0.39, 0.29) is 6.61 Å². The van der Waals surface area contributed by atoms with E-state index in [4.69, 9.17) is 9.84 Å². The van der Waals surface area contributed by atoms with Crippen LogP contribution in [0.25, 0.3) is 0 Å². The summed E-state index contributed by atoms with van der Waals surface area (Å²) in [6.07, 6.45) is 25.4. The number of aryl methyl sites for hydroxylation is 1. The minimum atomic E-state index is 0.0704. The molecule has 0 saturated carbocycles. The van der Waals surface area contributed by atoms with Crippen LogP contribution in [0.3, 0.4) is 0 Å². The van der Waals surface area contributed by atoms with Gasteiger partial charge in [-0.1, -0.05) is 122 Å². The van der Waals surface area contributed by atoms with Gasteiger partial charge in [0.15, 0.2) is 0 Å². The summed E-state index contributed by atoms with van der Waals surface area (Å²) in [6.45, 7) is 2.74. The Balaban J connectivity index is 1.79.